The van der Waals surface area contributed by atoms with E-state index in [1.54, 1.807) is 0 Å². The monoisotopic (exact) mass is 367 g/mol. The molecule has 0 saturated heterocycles. The molecule has 1 atom stereocenters. The molecule has 0 spiro atoms. The summed E-state index contributed by atoms with van der Waals surface area (Å²) in [6.07, 6.45) is 1.48. The number of imidazole rings is 1. The number of aliphatic hydroxyl groups is 1. The van der Waals surface area contributed by atoms with Gasteiger partial charge in [0.15, 0.2) is 11.0 Å². The van der Waals surface area contributed by atoms with E-state index in [0.717, 1.165) is 24.1 Å². The minimum absolute atomic E-state index is 0.281. The van der Waals surface area contributed by atoms with Gasteiger partial charge in [0.05, 0.1) is 7.05 Å². The predicted octanol–water partition coefficient (Wildman–Crippen LogP) is 3.98. The van der Waals surface area contributed by atoms with Gasteiger partial charge in [-0.15, -0.1) is 0 Å². The number of hydrogen-bond donors (Lipinski definition) is 1. The second kappa shape index (κ2) is 8.57. The SMILES string of the molecule is CCCc1n(CC(O)COc2ccc(C(C)C)cc2)c2ccccc2[n+]1C. The van der Waals surface area contributed by atoms with Crippen LogP contribution in [0.15, 0.2) is 48.5 Å². The molecule has 4 heteroatoms. The first-order valence-corrected chi connectivity index (χ1v) is 9.88. The number of benzene rings is 2. The molecule has 4 nitrogen and oxygen atoms in total. The van der Waals surface area contributed by atoms with Gasteiger partial charge in [-0.25, -0.2) is 9.13 Å². The Morgan fingerprint density at radius 1 is 1.07 bits per heavy atom. The quantitative estimate of drug-likeness (QED) is 0.612. The van der Waals surface area contributed by atoms with Crippen LogP contribution < -0.4 is 9.30 Å². The zero-order chi connectivity index (χ0) is 19.4. The van der Waals surface area contributed by atoms with Crippen molar-refractivity contribution >= 4 is 11.0 Å². The smallest absolute Gasteiger partial charge is 0.257 e. The molecule has 1 unspecified atom stereocenters. The van der Waals surface area contributed by atoms with Gasteiger partial charge in [0, 0.05) is 6.42 Å². The van der Waals surface area contributed by atoms with Crippen molar-refractivity contribution in [3.8, 4) is 5.75 Å². The maximum atomic E-state index is 10.6. The Kier molecular flexibility index (Phi) is 6.17. The molecule has 0 fully saturated rings. The fourth-order valence-electron chi connectivity index (χ4n) is 3.57. The zero-order valence-corrected chi connectivity index (χ0v) is 16.9. The molecule has 0 amide bonds. The van der Waals surface area contributed by atoms with E-state index in [0.29, 0.717) is 12.5 Å². The minimum atomic E-state index is -0.568. The predicted molar refractivity (Wildman–Crippen MR) is 109 cm³/mol. The number of para-hydroxylation sites is 2. The highest BCUT2D eigenvalue weighted by molar-refractivity contribution is 5.72. The highest BCUT2D eigenvalue weighted by Gasteiger charge is 2.23. The summed E-state index contributed by atoms with van der Waals surface area (Å²) in [4.78, 5) is 0. The Balaban J connectivity index is 1.72. The van der Waals surface area contributed by atoms with Crippen molar-refractivity contribution in [3.63, 3.8) is 0 Å². The lowest BCUT2D eigenvalue weighted by Crippen LogP contribution is -2.34. The molecule has 0 aliphatic heterocycles. The van der Waals surface area contributed by atoms with Gasteiger partial charge in [-0.05, 0) is 42.2 Å². The second-order valence-corrected chi connectivity index (χ2v) is 7.51. The molecule has 0 radical (unpaired) electrons. The molecule has 1 aromatic heterocycles. The average Bonchev–Trinajstić information content (AvgIpc) is 2.93. The fraction of sp³-hybridized carbons (Fsp3) is 0.435. The van der Waals surface area contributed by atoms with Crippen LogP contribution in [0.5, 0.6) is 5.75 Å². The number of ether oxygens (including phenoxy) is 1. The van der Waals surface area contributed by atoms with Crippen LogP contribution in [0.25, 0.3) is 11.0 Å². The van der Waals surface area contributed by atoms with E-state index in [-0.39, 0.29) is 6.61 Å². The number of rotatable bonds is 8. The summed E-state index contributed by atoms with van der Waals surface area (Å²) < 4.78 is 10.3. The number of aliphatic hydroxyl groups excluding tert-OH is 1. The van der Waals surface area contributed by atoms with Crippen molar-refractivity contribution in [2.24, 2.45) is 7.05 Å². The number of aromatic nitrogens is 2. The summed E-state index contributed by atoms with van der Waals surface area (Å²) in [6, 6.07) is 16.5. The van der Waals surface area contributed by atoms with Gasteiger partial charge in [0.1, 0.15) is 25.0 Å². The topological polar surface area (TPSA) is 38.3 Å². The first kappa shape index (κ1) is 19.4. The number of fused-ring (bicyclic) bond motifs is 1. The third kappa shape index (κ3) is 4.33. The maximum absolute atomic E-state index is 10.6. The largest absolute Gasteiger partial charge is 0.491 e. The van der Waals surface area contributed by atoms with E-state index in [1.807, 2.05) is 18.2 Å². The Labute approximate surface area is 162 Å². The second-order valence-electron chi connectivity index (χ2n) is 7.51. The summed E-state index contributed by atoms with van der Waals surface area (Å²) in [7, 11) is 2.10. The standard InChI is InChI=1S/C23H31N2O2/c1-5-8-23-24(4)21-9-6-7-10-22(21)25(23)15-19(26)16-27-20-13-11-18(12-14-20)17(2)3/h6-7,9-14,17,19,26H,5,8,15-16H2,1-4H3/q+1. The van der Waals surface area contributed by atoms with Crippen molar-refractivity contribution in [1.82, 2.24) is 4.57 Å². The van der Waals surface area contributed by atoms with Gasteiger partial charge >= 0.3 is 0 Å². The Bertz CT molecular complexity index is 881. The van der Waals surface area contributed by atoms with Crippen molar-refractivity contribution in [2.75, 3.05) is 6.61 Å². The molecule has 0 aliphatic carbocycles. The van der Waals surface area contributed by atoms with Crippen molar-refractivity contribution in [1.29, 1.82) is 0 Å². The fourth-order valence-corrected chi connectivity index (χ4v) is 3.57. The maximum Gasteiger partial charge on any atom is 0.257 e. The van der Waals surface area contributed by atoms with Gasteiger partial charge < -0.3 is 9.84 Å². The molecule has 144 valence electrons. The van der Waals surface area contributed by atoms with Crippen LogP contribution in [0.2, 0.25) is 0 Å². The summed E-state index contributed by atoms with van der Waals surface area (Å²) in [5, 5.41) is 10.6. The minimum Gasteiger partial charge on any atom is -0.491 e. The number of nitrogens with zero attached hydrogens (tertiary/aromatic N) is 2. The molecule has 0 aliphatic rings. The lowest BCUT2D eigenvalue weighted by Gasteiger charge is -2.13. The molecular weight excluding hydrogens is 336 g/mol. The lowest BCUT2D eigenvalue weighted by molar-refractivity contribution is -0.654. The summed E-state index contributed by atoms with van der Waals surface area (Å²) in [5.41, 5.74) is 3.64. The molecule has 27 heavy (non-hydrogen) atoms. The van der Waals surface area contributed by atoms with Crippen LogP contribution in [-0.4, -0.2) is 22.4 Å². The number of hydrogen-bond acceptors (Lipinski definition) is 2. The summed E-state index contributed by atoms with van der Waals surface area (Å²) in [5.74, 6) is 2.54. The van der Waals surface area contributed by atoms with Crippen LogP contribution in [0, 0.1) is 0 Å². The molecule has 1 N–H and O–H groups in total. The Hall–Kier alpha value is -2.33. The van der Waals surface area contributed by atoms with Crippen molar-refractivity contribution in [2.45, 2.75) is 52.2 Å². The summed E-state index contributed by atoms with van der Waals surface area (Å²) >= 11 is 0. The van der Waals surface area contributed by atoms with Gasteiger partial charge in [-0.3, -0.25) is 0 Å². The van der Waals surface area contributed by atoms with E-state index in [9.17, 15) is 5.11 Å². The molecule has 0 saturated carbocycles. The highest BCUT2D eigenvalue weighted by atomic mass is 16.5. The Morgan fingerprint density at radius 3 is 2.44 bits per heavy atom. The van der Waals surface area contributed by atoms with Crippen molar-refractivity contribution in [3.05, 3.63) is 59.9 Å². The third-order valence-corrected chi connectivity index (χ3v) is 5.09. The van der Waals surface area contributed by atoms with E-state index in [4.69, 9.17) is 4.74 Å². The van der Waals surface area contributed by atoms with Gasteiger partial charge in [0.2, 0.25) is 0 Å². The van der Waals surface area contributed by atoms with Crippen LogP contribution in [0.3, 0.4) is 0 Å². The third-order valence-electron chi connectivity index (χ3n) is 5.09. The van der Waals surface area contributed by atoms with Crippen molar-refractivity contribution < 1.29 is 14.4 Å². The van der Waals surface area contributed by atoms with E-state index < -0.39 is 6.10 Å². The first-order valence-electron chi connectivity index (χ1n) is 9.88. The van der Waals surface area contributed by atoms with E-state index in [2.05, 4.69) is 67.3 Å². The summed E-state index contributed by atoms with van der Waals surface area (Å²) in [6.45, 7) is 7.34. The van der Waals surface area contributed by atoms with Crippen LogP contribution >= 0.6 is 0 Å². The van der Waals surface area contributed by atoms with E-state index >= 15 is 0 Å². The Morgan fingerprint density at radius 2 is 1.78 bits per heavy atom. The number of aryl methyl sites for hydroxylation is 1. The van der Waals surface area contributed by atoms with Gasteiger partial charge in [-0.2, -0.15) is 0 Å². The molecule has 3 rings (SSSR count). The normalized spacial score (nSPS) is 12.7. The zero-order valence-electron chi connectivity index (χ0n) is 16.9. The molecule has 0 bridgehead atoms. The van der Waals surface area contributed by atoms with Gasteiger partial charge in [-0.1, -0.05) is 45.0 Å². The molecular formula is C23H31N2O2+. The van der Waals surface area contributed by atoms with E-state index in [1.165, 1.54) is 16.9 Å². The molecule has 2 aromatic carbocycles. The van der Waals surface area contributed by atoms with Crippen LogP contribution in [-0.2, 0) is 20.0 Å². The van der Waals surface area contributed by atoms with Crippen LogP contribution in [0.1, 0.15) is 44.5 Å². The highest BCUT2D eigenvalue weighted by Crippen LogP contribution is 2.19. The van der Waals surface area contributed by atoms with Gasteiger partial charge in [0.25, 0.3) is 5.82 Å². The van der Waals surface area contributed by atoms with Crippen LogP contribution in [0.4, 0.5) is 0 Å². The lowest BCUT2D eigenvalue weighted by atomic mass is 10.0. The average molecular weight is 368 g/mol. The molecule has 3 aromatic rings. The first-order chi connectivity index (χ1) is 13.0. The molecule has 1 heterocycles.